The van der Waals surface area contributed by atoms with Crippen LogP contribution in [0.25, 0.3) is 0 Å². The first-order valence-electron chi connectivity index (χ1n) is 7.04. The Morgan fingerprint density at radius 2 is 2.14 bits per heavy atom. The molecule has 0 spiro atoms. The van der Waals surface area contributed by atoms with E-state index in [4.69, 9.17) is 14.4 Å². The fraction of sp³-hybridized carbons (Fsp3) is 0.643. The summed E-state index contributed by atoms with van der Waals surface area (Å²) >= 11 is 0. The van der Waals surface area contributed by atoms with E-state index in [2.05, 4.69) is 10.5 Å². The smallest absolute Gasteiger partial charge is 0.332 e. The Balaban J connectivity index is 1.70. The molecule has 2 heterocycles. The van der Waals surface area contributed by atoms with E-state index in [0.29, 0.717) is 32.2 Å². The molecule has 2 unspecified atom stereocenters. The standard InChI is InChI=1S/C14H20N2O5/c1-8-11(9(2)21-16-8)4-6-13(17)15-7-10-3-5-12(20-10)14(18)19/h10,12H,3-7H2,1-2H3,(H,15,17)(H,18,19). The number of nitrogens with one attached hydrogen (secondary N) is 1. The first kappa shape index (κ1) is 15.5. The fourth-order valence-electron chi connectivity index (χ4n) is 2.45. The van der Waals surface area contributed by atoms with E-state index in [1.54, 1.807) is 0 Å². The second-order valence-corrected chi connectivity index (χ2v) is 5.27. The SMILES string of the molecule is Cc1noc(C)c1CCC(=O)NCC1CCC(C(=O)O)O1. The maximum Gasteiger partial charge on any atom is 0.332 e. The number of amides is 1. The number of aliphatic carboxylic acids is 1. The normalized spacial score (nSPS) is 21.4. The Bertz CT molecular complexity index is 506. The van der Waals surface area contributed by atoms with Crippen molar-refractivity contribution in [3.63, 3.8) is 0 Å². The van der Waals surface area contributed by atoms with E-state index in [1.807, 2.05) is 13.8 Å². The first-order chi connectivity index (χ1) is 9.97. The van der Waals surface area contributed by atoms with Gasteiger partial charge in [0.25, 0.3) is 0 Å². The molecule has 1 aliphatic heterocycles. The van der Waals surface area contributed by atoms with Crippen molar-refractivity contribution in [1.82, 2.24) is 10.5 Å². The zero-order valence-corrected chi connectivity index (χ0v) is 12.2. The molecular weight excluding hydrogens is 276 g/mol. The van der Waals surface area contributed by atoms with E-state index in [1.165, 1.54) is 0 Å². The van der Waals surface area contributed by atoms with Gasteiger partial charge in [-0.1, -0.05) is 5.16 Å². The number of hydrogen-bond acceptors (Lipinski definition) is 5. The van der Waals surface area contributed by atoms with E-state index in [-0.39, 0.29) is 12.0 Å². The summed E-state index contributed by atoms with van der Waals surface area (Å²) in [5, 5.41) is 15.4. The topological polar surface area (TPSA) is 102 Å². The highest BCUT2D eigenvalue weighted by Gasteiger charge is 2.30. The zero-order chi connectivity index (χ0) is 15.4. The fourth-order valence-corrected chi connectivity index (χ4v) is 2.45. The van der Waals surface area contributed by atoms with Gasteiger partial charge in [-0.3, -0.25) is 4.79 Å². The van der Waals surface area contributed by atoms with E-state index >= 15 is 0 Å². The Kier molecular flexibility index (Phi) is 4.95. The van der Waals surface area contributed by atoms with Crippen LogP contribution in [0.4, 0.5) is 0 Å². The summed E-state index contributed by atoms with van der Waals surface area (Å²) in [5.41, 5.74) is 1.77. The number of nitrogens with zero attached hydrogens (tertiary/aromatic N) is 1. The van der Waals surface area contributed by atoms with Gasteiger partial charge in [0, 0.05) is 18.5 Å². The summed E-state index contributed by atoms with van der Waals surface area (Å²) in [6, 6.07) is 0. The monoisotopic (exact) mass is 296 g/mol. The third-order valence-electron chi connectivity index (χ3n) is 3.69. The number of rotatable bonds is 6. The van der Waals surface area contributed by atoms with Crippen molar-refractivity contribution >= 4 is 11.9 Å². The van der Waals surface area contributed by atoms with Crippen LogP contribution >= 0.6 is 0 Å². The maximum atomic E-state index is 11.8. The van der Waals surface area contributed by atoms with Crippen molar-refractivity contribution in [2.45, 2.75) is 51.7 Å². The zero-order valence-electron chi connectivity index (χ0n) is 12.2. The molecule has 0 bridgehead atoms. The van der Waals surface area contributed by atoms with Crippen LogP contribution in [-0.4, -0.2) is 40.9 Å². The van der Waals surface area contributed by atoms with E-state index in [9.17, 15) is 9.59 Å². The maximum absolute atomic E-state index is 11.8. The van der Waals surface area contributed by atoms with E-state index in [0.717, 1.165) is 17.0 Å². The highest BCUT2D eigenvalue weighted by molar-refractivity contribution is 5.76. The van der Waals surface area contributed by atoms with Crippen LogP contribution in [0.5, 0.6) is 0 Å². The van der Waals surface area contributed by atoms with Crippen LogP contribution in [0.2, 0.25) is 0 Å². The predicted molar refractivity (Wildman–Crippen MR) is 72.8 cm³/mol. The number of carboxylic acids is 1. The van der Waals surface area contributed by atoms with Gasteiger partial charge in [-0.2, -0.15) is 0 Å². The van der Waals surface area contributed by atoms with Gasteiger partial charge in [-0.25, -0.2) is 4.79 Å². The van der Waals surface area contributed by atoms with Gasteiger partial charge in [0.1, 0.15) is 5.76 Å². The molecule has 1 fully saturated rings. The molecule has 21 heavy (non-hydrogen) atoms. The number of carbonyl (C=O) groups is 2. The molecule has 0 saturated carbocycles. The molecule has 0 radical (unpaired) electrons. The number of carbonyl (C=O) groups excluding carboxylic acids is 1. The van der Waals surface area contributed by atoms with Gasteiger partial charge in [0.15, 0.2) is 6.10 Å². The molecule has 1 aromatic rings. The number of aromatic nitrogens is 1. The minimum Gasteiger partial charge on any atom is -0.479 e. The van der Waals surface area contributed by atoms with Gasteiger partial charge in [-0.05, 0) is 33.1 Å². The summed E-state index contributed by atoms with van der Waals surface area (Å²) in [6.07, 6.45) is 1.12. The second kappa shape index (κ2) is 6.71. The quantitative estimate of drug-likeness (QED) is 0.811. The molecule has 7 nitrogen and oxygen atoms in total. The van der Waals surface area contributed by atoms with E-state index < -0.39 is 12.1 Å². The number of aryl methyl sites for hydroxylation is 2. The predicted octanol–water partition coefficient (Wildman–Crippen LogP) is 0.972. The minimum absolute atomic E-state index is 0.0858. The highest BCUT2D eigenvalue weighted by Crippen LogP contribution is 2.19. The Morgan fingerprint density at radius 1 is 1.38 bits per heavy atom. The minimum atomic E-state index is -0.942. The van der Waals surface area contributed by atoms with Gasteiger partial charge >= 0.3 is 5.97 Å². The van der Waals surface area contributed by atoms with Gasteiger partial charge in [-0.15, -0.1) is 0 Å². The molecule has 7 heteroatoms. The first-order valence-corrected chi connectivity index (χ1v) is 7.04. The lowest BCUT2D eigenvalue weighted by atomic mass is 10.1. The molecule has 1 aromatic heterocycles. The average molecular weight is 296 g/mol. The average Bonchev–Trinajstić information content (AvgIpc) is 3.03. The number of hydrogen-bond donors (Lipinski definition) is 2. The lowest BCUT2D eigenvalue weighted by Gasteiger charge is -2.12. The van der Waals surface area contributed by atoms with Crippen LogP contribution in [0.1, 0.15) is 36.3 Å². The molecule has 2 N–H and O–H groups in total. The summed E-state index contributed by atoms with van der Waals surface area (Å²) in [5.74, 6) is -0.289. The van der Waals surface area contributed by atoms with Crippen LogP contribution < -0.4 is 5.32 Å². The lowest BCUT2D eigenvalue weighted by molar-refractivity contribution is -0.149. The molecular formula is C14H20N2O5. The molecule has 0 aromatic carbocycles. The third kappa shape index (κ3) is 4.04. The van der Waals surface area contributed by atoms with Crippen LogP contribution in [-0.2, 0) is 20.7 Å². The van der Waals surface area contributed by atoms with Gasteiger partial charge in [0.05, 0.1) is 11.8 Å². The Labute approximate surface area is 122 Å². The second-order valence-electron chi connectivity index (χ2n) is 5.27. The highest BCUT2D eigenvalue weighted by atomic mass is 16.5. The van der Waals surface area contributed by atoms with Crippen molar-refractivity contribution in [1.29, 1.82) is 0 Å². The number of ether oxygens (including phenoxy) is 1. The summed E-state index contributed by atoms with van der Waals surface area (Å²) < 4.78 is 10.4. The molecule has 116 valence electrons. The summed E-state index contributed by atoms with van der Waals surface area (Å²) in [4.78, 5) is 22.6. The van der Waals surface area contributed by atoms with Crippen molar-refractivity contribution in [3.05, 3.63) is 17.0 Å². The summed E-state index contributed by atoms with van der Waals surface area (Å²) in [7, 11) is 0. The van der Waals surface area contributed by atoms with Crippen molar-refractivity contribution in [2.75, 3.05) is 6.54 Å². The van der Waals surface area contributed by atoms with Gasteiger partial charge < -0.3 is 19.7 Å². The Morgan fingerprint density at radius 3 is 2.71 bits per heavy atom. The molecule has 2 atom stereocenters. The van der Waals surface area contributed by atoms with Crippen molar-refractivity contribution < 1.29 is 24.0 Å². The van der Waals surface area contributed by atoms with Gasteiger partial charge in [0.2, 0.25) is 5.91 Å². The molecule has 2 rings (SSSR count). The van der Waals surface area contributed by atoms with Crippen LogP contribution in [0.15, 0.2) is 4.52 Å². The third-order valence-corrected chi connectivity index (χ3v) is 3.69. The van der Waals surface area contributed by atoms with Crippen LogP contribution in [0, 0.1) is 13.8 Å². The number of carboxylic acid groups (broad SMARTS) is 1. The largest absolute Gasteiger partial charge is 0.479 e. The lowest BCUT2D eigenvalue weighted by Crippen LogP contribution is -2.33. The van der Waals surface area contributed by atoms with Crippen LogP contribution in [0.3, 0.4) is 0 Å². The van der Waals surface area contributed by atoms with Crippen molar-refractivity contribution in [3.8, 4) is 0 Å². The molecule has 1 aliphatic rings. The summed E-state index contributed by atoms with van der Waals surface area (Å²) in [6.45, 7) is 4.03. The molecule has 1 amide bonds. The molecule has 1 saturated heterocycles. The Hall–Kier alpha value is -1.89. The van der Waals surface area contributed by atoms with Crippen molar-refractivity contribution in [2.24, 2.45) is 0 Å². The molecule has 0 aliphatic carbocycles.